The fourth-order valence-corrected chi connectivity index (χ4v) is 5.82. The van der Waals surface area contributed by atoms with Gasteiger partial charge in [-0.15, -0.1) is 4.31 Å². The van der Waals surface area contributed by atoms with Gasteiger partial charge in [0.25, 0.3) is 0 Å². The number of hydrogen-bond acceptors (Lipinski definition) is 3. The van der Waals surface area contributed by atoms with Gasteiger partial charge in [-0.25, -0.2) is 0 Å². The van der Waals surface area contributed by atoms with E-state index in [2.05, 4.69) is 78.9 Å². The second kappa shape index (κ2) is 8.68. The standard InChI is InChI=1S/C21H32INO2S/c1-15-18(22)12-13-19(25-15)20(17-10-11-17)23(26(24)21(2,3)4)14-16-8-6-5-7-9-16/h5-9,15,17-20H,10-14H2,1-4H3. The Bertz CT molecular complexity index is 575. The highest BCUT2D eigenvalue weighted by Gasteiger charge is 2.49. The zero-order chi connectivity index (χ0) is 18.9. The number of nitrogens with zero attached hydrogens (tertiary/aromatic N) is 1. The van der Waals surface area contributed by atoms with Crippen molar-refractivity contribution in [2.75, 3.05) is 0 Å². The molecule has 3 nitrogen and oxygen atoms in total. The molecule has 26 heavy (non-hydrogen) atoms. The van der Waals surface area contributed by atoms with Crippen LogP contribution in [0.3, 0.4) is 0 Å². The van der Waals surface area contributed by atoms with Gasteiger partial charge < -0.3 is 9.29 Å². The Hall–Kier alpha value is 0.180. The van der Waals surface area contributed by atoms with E-state index in [0.29, 0.717) is 9.84 Å². The molecule has 1 aromatic carbocycles. The number of rotatable bonds is 6. The van der Waals surface area contributed by atoms with E-state index in [1.807, 2.05) is 6.07 Å². The molecule has 2 aliphatic rings. The second-order valence-electron chi connectivity index (χ2n) is 8.72. The molecule has 146 valence electrons. The smallest absolute Gasteiger partial charge is 0.137 e. The maximum Gasteiger partial charge on any atom is 0.137 e. The summed E-state index contributed by atoms with van der Waals surface area (Å²) in [6, 6.07) is 10.7. The molecular weight excluding hydrogens is 457 g/mol. The van der Waals surface area contributed by atoms with E-state index in [1.54, 1.807) is 0 Å². The van der Waals surface area contributed by atoms with Crippen LogP contribution in [-0.4, -0.2) is 35.8 Å². The van der Waals surface area contributed by atoms with Crippen molar-refractivity contribution in [3.63, 3.8) is 0 Å². The van der Waals surface area contributed by atoms with Crippen molar-refractivity contribution in [3.05, 3.63) is 35.9 Å². The van der Waals surface area contributed by atoms with Gasteiger partial charge in [-0.05, 0) is 64.9 Å². The van der Waals surface area contributed by atoms with E-state index >= 15 is 0 Å². The van der Waals surface area contributed by atoms with Crippen molar-refractivity contribution >= 4 is 34.0 Å². The Morgan fingerprint density at radius 1 is 1.19 bits per heavy atom. The van der Waals surface area contributed by atoms with E-state index in [1.165, 1.54) is 24.8 Å². The molecule has 5 atom stereocenters. The van der Waals surface area contributed by atoms with Crippen molar-refractivity contribution in [2.24, 2.45) is 5.92 Å². The first-order valence-corrected chi connectivity index (χ1v) is 12.1. The quantitative estimate of drug-likeness (QED) is 0.317. The summed E-state index contributed by atoms with van der Waals surface area (Å²) in [5, 5.41) is 0. The third-order valence-electron chi connectivity index (χ3n) is 5.36. The van der Waals surface area contributed by atoms with Crippen LogP contribution in [-0.2, 0) is 22.6 Å². The molecule has 0 bridgehead atoms. The minimum atomic E-state index is -1.06. The minimum absolute atomic E-state index is 0.193. The fraction of sp³-hybridized carbons (Fsp3) is 0.714. The van der Waals surface area contributed by atoms with Gasteiger partial charge in [-0.1, -0.05) is 52.9 Å². The van der Waals surface area contributed by atoms with Crippen LogP contribution in [0.1, 0.15) is 58.9 Å². The fourth-order valence-electron chi connectivity index (χ4n) is 3.79. The first-order valence-electron chi connectivity index (χ1n) is 9.79. The monoisotopic (exact) mass is 489 g/mol. The van der Waals surface area contributed by atoms with E-state index in [-0.39, 0.29) is 23.0 Å². The molecule has 1 aliphatic heterocycles. The van der Waals surface area contributed by atoms with Crippen LogP contribution in [0, 0.1) is 5.92 Å². The van der Waals surface area contributed by atoms with Gasteiger partial charge in [-0.3, -0.25) is 0 Å². The van der Waals surface area contributed by atoms with Gasteiger partial charge in [-0.2, -0.15) is 0 Å². The summed E-state index contributed by atoms with van der Waals surface area (Å²) < 4.78 is 22.5. The molecule has 5 unspecified atom stereocenters. The normalized spacial score (nSPS) is 29.6. The largest absolute Gasteiger partial charge is 0.597 e. The van der Waals surface area contributed by atoms with Gasteiger partial charge in [0, 0.05) is 15.3 Å². The summed E-state index contributed by atoms with van der Waals surface area (Å²) in [6.07, 6.45) is 5.21. The van der Waals surface area contributed by atoms with Gasteiger partial charge in [0.2, 0.25) is 0 Å². The van der Waals surface area contributed by atoms with Crippen LogP contribution in [0.2, 0.25) is 0 Å². The first-order chi connectivity index (χ1) is 12.3. The number of hydrogen-bond donors (Lipinski definition) is 0. The SMILES string of the molecule is CC1OC(C(C2CC2)N(Cc2ccccc2)[S+]([O-])C(C)(C)C)CCC1I. The lowest BCUT2D eigenvalue weighted by Gasteiger charge is -2.43. The molecule has 1 aromatic rings. The van der Waals surface area contributed by atoms with Gasteiger partial charge in [0.05, 0.1) is 24.8 Å². The Balaban J connectivity index is 1.86. The van der Waals surface area contributed by atoms with Crippen LogP contribution in [0.25, 0.3) is 0 Å². The lowest BCUT2D eigenvalue weighted by molar-refractivity contribution is -0.0697. The highest BCUT2D eigenvalue weighted by molar-refractivity contribution is 14.1. The molecule has 1 saturated heterocycles. The molecule has 1 aliphatic carbocycles. The molecule has 0 radical (unpaired) electrons. The lowest BCUT2D eigenvalue weighted by Crippen LogP contribution is -2.55. The number of alkyl halides is 1. The van der Waals surface area contributed by atoms with Crippen LogP contribution >= 0.6 is 22.6 Å². The third-order valence-corrected chi connectivity index (χ3v) is 8.84. The average Bonchev–Trinajstić information content (AvgIpc) is 3.42. The number of halogens is 1. The molecule has 0 spiro atoms. The van der Waals surface area contributed by atoms with Gasteiger partial charge in [0.15, 0.2) is 0 Å². The molecule has 0 aromatic heterocycles. The van der Waals surface area contributed by atoms with E-state index in [0.717, 1.165) is 13.0 Å². The summed E-state index contributed by atoms with van der Waals surface area (Å²) in [4.78, 5) is 0. The van der Waals surface area contributed by atoms with Crippen molar-refractivity contribution in [1.29, 1.82) is 0 Å². The summed E-state index contributed by atoms with van der Waals surface area (Å²) in [5.41, 5.74) is 1.23. The summed E-state index contributed by atoms with van der Waals surface area (Å²) >= 11 is 1.46. The Morgan fingerprint density at radius 2 is 1.85 bits per heavy atom. The predicted molar refractivity (Wildman–Crippen MR) is 118 cm³/mol. The molecule has 0 amide bonds. The highest BCUT2D eigenvalue weighted by Crippen LogP contribution is 2.43. The molecule has 0 N–H and O–H groups in total. The number of benzene rings is 1. The summed E-state index contributed by atoms with van der Waals surface area (Å²) in [6.45, 7) is 9.16. The Morgan fingerprint density at radius 3 is 2.38 bits per heavy atom. The summed E-state index contributed by atoms with van der Waals surface area (Å²) in [7, 11) is 0. The maximum atomic E-state index is 13.5. The zero-order valence-corrected chi connectivity index (χ0v) is 19.3. The molecule has 2 fully saturated rings. The van der Waals surface area contributed by atoms with E-state index in [9.17, 15) is 4.55 Å². The highest BCUT2D eigenvalue weighted by atomic mass is 127. The molecule has 1 heterocycles. The van der Waals surface area contributed by atoms with Crippen LogP contribution in [0.4, 0.5) is 0 Å². The van der Waals surface area contributed by atoms with E-state index < -0.39 is 11.4 Å². The molecule has 3 rings (SSSR count). The Kier molecular flexibility index (Phi) is 6.98. The topological polar surface area (TPSA) is 35.5 Å². The van der Waals surface area contributed by atoms with Gasteiger partial charge >= 0.3 is 0 Å². The predicted octanol–water partition coefficient (Wildman–Crippen LogP) is 5.10. The molecular formula is C21H32INO2S. The van der Waals surface area contributed by atoms with Crippen LogP contribution in [0.5, 0.6) is 0 Å². The molecule has 1 saturated carbocycles. The number of ether oxygens (including phenoxy) is 1. The van der Waals surface area contributed by atoms with Crippen molar-refractivity contribution in [3.8, 4) is 0 Å². The van der Waals surface area contributed by atoms with Crippen LogP contribution in [0.15, 0.2) is 30.3 Å². The molecule has 5 heteroatoms. The minimum Gasteiger partial charge on any atom is -0.597 e. The van der Waals surface area contributed by atoms with Crippen molar-refractivity contribution in [1.82, 2.24) is 4.31 Å². The van der Waals surface area contributed by atoms with E-state index in [4.69, 9.17) is 4.74 Å². The van der Waals surface area contributed by atoms with Crippen molar-refractivity contribution < 1.29 is 9.29 Å². The van der Waals surface area contributed by atoms with Crippen molar-refractivity contribution in [2.45, 2.75) is 86.8 Å². The third kappa shape index (κ3) is 5.16. The summed E-state index contributed by atoms with van der Waals surface area (Å²) in [5.74, 6) is 0.618. The second-order valence-corrected chi connectivity index (χ2v) is 12.5. The van der Waals surface area contributed by atoms with Gasteiger partial charge in [0.1, 0.15) is 4.75 Å². The lowest BCUT2D eigenvalue weighted by atomic mass is 9.96. The zero-order valence-electron chi connectivity index (χ0n) is 16.4. The first kappa shape index (κ1) is 20.9. The van der Waals surface area contributed by atoms with Crippen LogP contribution < -0.4 is 0 Å². The Labute approximate surface area is 175 Å². The average molecular weight is 489 g/mol. The maximum absolute atomic E-state index is 13.5.